The third-order valence-corrected chi connectivity index (χ3v) is 14.1. The molecule has 0 saturated carbocycles. The lowest BCUT2D eigenvalue weighted by molar-refractivity contribution is -0.316. The van der Waals surface area contributed by atoms with Crippen molar-refractivity contribution in [1.82, 2.24) is 0 Å². The summed E-state index contributed by atoms with van der Waals surface area (Å²) >= 11 is 0. The maximum Gasteiger partial charge on any atom is 0.331 e. The number of allylic oxidation sites excluding steroid dienone is 7. The highest BCUT2D eigenvalue weighted by molar-refractivity contribution is 5.82. The van der Waals surface area contributed by atoms with Crippen molar-refractivity contribution < 1.29 is 78.5 Å². The molecule has 69 heavy (non-hydrogen) atoms. The second kappa shape index (κ2) is 26.7. The number of hydrogen-bond acceptors (Lipinski definition) is 15. The van der Waals surface area contributed by atoms with E-state index in [0.717, 1.165) is 24.8 Å². The molecule has 16 nitrogen and oxygen atoms in total. The van der Waals surface area contributed by atoms with Crippen LogP contribution >= 0.6 is 0 Å². The smallest absolute Gasteiger partial charge is 0.331 e. The number of esters is 1. The molecule has 384 valence electrons. The van der Waals surface area contributed by atoms with Gasteiger partial charge in [0, 0.05) is 37.2 Å². The van der Waals surface area contributed by atoms with Crippen LogP contribution in [0.3, 0.4) is 0 Å². The molecular formula is C53H76O16. The molecule has 16 heteroatoms. The zero-order valence-corrected chi connectivity index (χ0v) is 40.3. The SMILES string of the molecule is C/C(=C\[C@H](C)CCCCC(=O)O)[C@@H]1O[C@@H]2C=C[C@@H]1OC(=O)\C=C/C=C/C=C/[C@H]1O[C@@H]3C[C@H]1O[C@@H](/C=C/C[C@H]1O[C@H](C[C@H](O)[C@H]1C)[C@H](O)[C@@H](O[C@@H]1O[C@H](CO)[C@@H](O)[C@H](O)[C@H]1O)/C=C/CC/C=C/C2)[C@@H]3C. The van der Waals surface area contributed by atoms with Crippen molar-refractivity contribution in [2.24, 2.45) is 17.8 Å². The number of rotatable bonds is 10. The molecule has 7 bridgehead atoms. The van der Waals surface area contributed by atoms with Crippen molar-refractivity contribution in [2.45, 2.75) is 196 Å². The summed E-state index contributed by atoms with van der Waals surface area (Å²) < 4.78 is 43.7. The second-order valence-corrected chi connectivity index (χ2v) is 19.5. The van der Waals surface area contributed by atoms with Gasteiger partial charge in [-0.2, -0.15) is 0 Å². The highest BCUT2D eigenvalue weighted by atomic mass is 16.7. The molecule has 7 rings (SSSR count). The fourth-order valence-corrected chi connectivity index (χ4v) is 9.83. The van der Waals surface area contributed by atoms with Crippen molar-refractivity contribution in [3.63, 3.8) is 0 Å². The van der Waals surface area contributed by atoms with Crippen molar-refractivity contribution in [2.75, 3.05) is 6.61 Å². The Hall–Kier alpha value is -3.62. The van der Waals surface area contributed by atoms with Crippen molar-refractivity contribution >= 4 is 11.9 Å². The van der Waals surface area contributed by atoms with Gasteiger partial charge < -0.3 is 68.9 Å². The molecule has 7 heterocycles. The van der Waals surface area contributed by atoms with Gasteiger partial charge in [0.05, 0.1) is 49.3 Å². The topological polar surface area (TPSA) is 240 Å². The molecule has 7 N–H and O–H groups in total. The van der Waals surface area contributed by atoms with Crippen LogP contribution in [0.15, 0.2) is 96.7 Å². The van der Waals surface area contributed by atoms with Gasteiger partial charge in [-0.05, 0) is 63.0 Å². The van der Waals surface area contributed by atoms with Crippen molar-refractivity contribution in [1.29, 1.82) is 0 Å². The Morgan fingerprint density at radius 3 is 2.28 bits per heavy atom. The first-order valence-corrected chi connectivity index (χ1v) is 24.9. The standard InChI is InChI=1S/C53H76O16/c1-31(17-14-15-23-46(56)57)27-32(2)52-41-26-25-35(63-52)18-10-6-5-7-12-20-40(68-53-51(62)50(61)49(60)45(30-54)69-53)48(59)44-28-36(55)33(3)37(65-44)21-16-22-38-34(4)42-29-43(64-38)39(66-42)19-11-8-9-13-24-47(58)67-41/h6,8-13,16,19-20,22,24-27,31,33-45,48-55,59-62H,5,7,14-15,17-18,21,23,28-30H2,1-4H3,(H,56,57)/b9-8+,10-6+,19-11+,20-12+,22-16+,24-13-,32-27+/t31-,33-,34+,35+,36+,37-,38+,39-,40+,41+,42-,43-,44-,45-,48-,49-,50+,51-,52+,53-/m1/s1. The van der Waals surface area contributed by atoms with Crippen molar-refractivity contribution in [3.05, 3.63) is 96.7 Å². The molecule has 7 aliphatic heterocycles. The summed E-state index contributed by atoms with van der Waals surface area (Å²) in [6.45, 7) is 7.36. The first-order chi connectivity index (χ1) is 33.1. The fraction of sp³-hybridized carbons (Fsp3) is 0.660. The van der Waals surface area contributed by atoms with Crippen LogP contribution in [0.1, 0.15) is 91.9 Å². The van der Waals surface area contributed by atoms with Crippen LogP contribution in [0.2, 0.25) is 0 Å². The average Bonchev–Trinajstić information content (AvgIpc) is 3.67. The molecular weight excluding hydrogens is 893 g/mol. The molecule has 0 aromatic heterocycles. The third-order valence-electron chi connectivity index (χ3n) is 14.1. The third kappa shape index (κ3) is 15.4. The van der Waals surface area contributed by atoms with E-state index in [0.29, 0.717) is 32.1 Å². The van der Waals surface area contributed by atoms with Crippen LogP contribution in [0.25, 0.3) is 0 Å². The fourth-order valence-electron chi connectivity index (χ4n) is 9.83. The Balaban J connectivity index is 1.22. The molecule has 0 amide bonds. The van der Waals surface area contributed by atoms with E-state index >= 15 is 0 Å². The Labute approximate surface area is 406 Å². The number of aliphatic carboxylic acids is 1. The van der Waals surface area contributed by atoms with Gasteiger partial charge in [-0.25, -0.2) is 4.79 Å². The lowest BCUT2D eigenvalue weighted by Gasteiger charge is -2.43. The van der Waals surface area contributed by atoms with E-state index < -0.39 is 92.0 Å². The summed E-state index contributed by atoms with van der Waals surface area (Å²) in [5.41, 5.74) is 0.901. The number of carboxylic acid groups (broad SMARTS) is 1. The number of carbonyl (C=O) groups is 2. The normalized spacial score (nSPS) is 43.7. The second-order valence-electron chi connectivity index (χ2n) is 19.5. The number of fused-ring (bicyclic) bond motifs is 13. The maximum absolute atomic E-state index is 13.1. The summed E-state index contributed by atoms with van der Waals surface area (Å²) in [6, 6.07) is 0. The summed E-state index contributed by atoms with van der Waals surface area (Å²) in [5.74, 6) is -1.39. The number of carbonyl (C=O) groups excluding carboxylic acids is 1. The van der Waals surface area contributed by atoms with Gasteiger partial charge in [0.15, 0.2) is 12.4 Å². The molecule has 0 unspecified atom stereocenters. The molecule has 0 aromatic carbocycles. The van der Waals surface area contributed by atoms with Crippen LogP contribution in [0.5, 0.6) is 0 Å². The van der Waals surface area contributed by atoms with E-state index in [9.17, 15) is 40.2 Å². The van der Waals surface area contributed by atoms with E-state index in [1.54, 1.807) is 24.3 Å². The largest absolute Gasteiger partial charge is 0.481 e. The number of unbranched alkanes of at least 4 members (excludes halogenated alkanes) is 1. The Morgan fingerprint density at radius 1 is 0.725 bits per heavy atom. The minimum Gasteiger partial charge on any atom is -0.481 e. The summed E-state index contributed by atoms with van der Waals surface area (Å²) in [6.07, 6.45) is 18.2. The molecule has 20 atom stereocenters. The molecule has 0 aromatic rings. The molecule has 0 aliphatic carbocycles. The number of aliphatic hydroxyl groups is 6. The molecule has 0 radical (unpaired) electrons. The minimum atomic E-state index is -1.70. The van der Waals surface area contributed by atoms with Crippen LogP contribution in [0.4, 0.5) is 0 Å². The van der Waals surface area contributed by atoms with E-state index in [4.69, 9.17) is 38.3 Å². The average molecular weight is 969 g/mol. The van der Waals surface area contributed by atoms with Gasteiger partial charge in [-0.1, -0.05) is 106 Å². The monoisotopic (exact) mass is 969 g/mol. The maximum atomic E-state index is 13.1. The number of ether oxygens (including phenoxy) is 7. The summed E-state index contributed by atoms with van der Waals surface area (Å²) in [4.78, 5) is 24.1. The van der Waals surface area contributed by atoms with Gasteiger partial charge >= 0.3 is 11.9 Å². The van der Waals surface area contributed by atoms with Crippen LogP contribution in [-0.4, -0.2) is 158 Å². The van der Waals surface area contributed by atoms with Crippen LogP contribution in [-0.2, 0) is 42.7 Å². The zero-order chi connectivity index (χ0) is 49.6. The van der Waals surface area contributed by atoms with Crippen molar-refractivity contribution in [3.8, 4) is 0 Å². The van der Waals surface area contributed by atoms with E-state index in [1.165, 1.54) is 6.08 Å². The highest BCUT2D eigenvalue weighted by Gasteiger charge is 2.48. The molecule has 0 spiro atoms. The molecule has 4 saturated heterocycles. The van der Waals surface area contributed by atoms with Crippen LogP contribution in [0, 0.1) is 17.8 Å². The van der Waals surface area contributed by atoms with Gasteiger partial charge in [-0.3, -0.25) is 4.79 Å². The van der Waals surface area contributed by atoms with Crippen LogP contribution < -0.4 is 0 Å². The van der Waals surface area contributed by atoms with Gasteiger partial charge in [0.25, 0.3) is 0 Å². The summed E-state index contributed by atoms with van der Waals surface area (Å²) in [5, 5.41) is 73.8. The quantitative estimate of drug-likeness (QED) is 0.0898. The predicted octanol–water partition coefficient (Wildman–Crippen LogP) is 4.62. The highest BCUT2D eigenvalue weighted by Crippen LogP contribution is 2.39. The lowest BCUT2D eigenvalue weighted by Crippen LogP contribution is -2.60. The first-order valence-electron chi connectivity index (χ1n) is 24.9. The number of hydrogen-bond donors (Lipinski definition) is 7. The Morgan fingerprint density at radius 2 is 1.49 bits per heavy atom. The van der Waals surface area contributed by atoms with E-state index in [-0.39, 0.29) is 61.1 Å². The van der Waals surface area contributed by atoms with Gasteiger partial charge in [0.1, 0.15) is 48.8 Å². The summed E-state index contributed by atoms with van der Waals surface area (Å²) in [7, 11) is 0. The van der Waals surface area contributed by atoms with E-state index in [2.05, 4.69) is 19.9 Å². The molecule has 7 aliphatic rings. The Kier molecular flexibility index (Phi) is 21.2. The van der Waals surface area contributed by atoms with Gasteiger partial charge in [0.2, 0.25) is 0 Å². The van der Waals surface area contributed by atoms with Gasteiger partial charge in [-0.15, -0.1) is 0 Å². The number of carboxylic acids is 1. The van der Waals surface area contributed by atoms with E-state index in [1.807, 2.05) is 68.5 Å². The number of aliphatic hydroxyl groups excluding tert-OH is 6. The minimum absolute atomic E-state index is 0.0148. The Bertz CT molecular complexity index is 1890. The first kappa shape index (κ1) is 54.7. The molecule has 4 fully saturated rings. The predicted molar refractivity (Wildman–Crippen MR) is 254 cm³/mol. The lowest BCUT2D eigenvalue weighted by atomic mass is 9.85. The zero-order valence-electron chi connectivity index (χ0n) is 40.3.